The summed E-state index contributed by atoms with van der Waals surface area (Å²) < 4.78 is 25.7. The molecule has 100 valence electrons. The summed E-state index contributed by atoms with van der Waals surface area (Å²) in [6, 6.07) is 7.32. The Labute approximate surface area is 109 Å². The van der Waals surface area contributed by atoms with Crippen molar-refractivity contribution >= 4 is 15.7 Å². The van der Waals surface area contributed by atoms with Crippen LogP contribution in [0.4, 0.5) is 5.69 Å². The first-order chi connectivity index (χ1) is 8.51. The first-order valence-corrected chi connectivity index (χ1v) is 7.80. The van der Waals surface area contributed by atoms with Gasteiger partial charge in [0.25, 0.3) is 0 Å². The van der Waals surface area contributed by atoms with E-state index >= 15 is 0 Å². The lowest BCUT2D eigenvalue weighted by atomic mass is 10.1. The number of rotatable bonds is 6. The van der Waals surface area contributed by atoms with Gasteiger partial charge in [0, 0.05) is 11.7 Å². The van der Waals surface area contributed by atoms with Gasteiger partial charge in [-0.3, -0.25) is 0 Å². The predicted molar refractivity (Wildman–Crippen MR) is 73.1 cm³/mol. The van der Waals surface area contributed by atoms with Crippen LogP contribution in [0.3, 0.4) is 0 Å². The summed E-state index contributed by atoms with van der Waals surface area (Å²) in [5, 5.41) is 3.36. The van der Waals surface area contributed by atoms with Crippen molar-refractivity contribution < 1.29 is 8.42 Å². The largest absolute Gasteiger partial charge is 0.383 e. The molecule has 5 heteroatoms. The molecular formula is C13H20N2O2S. The summed E-state index contributed by atoms with van der Waals surface area (Å²) in [5.74, 6) is 0.858. The molecule has 0 aromatic heterocycles. The smallest absolute Gasteiger partial charge is 0.240 e. The van der Waals surface area contributed by atoms with E-state index in [-0.39, 0.29) is 0 Å². The number of hydrogen-bond acceptors (Lipinski definition) is 3. The summed E-state index contributed by atoms with van der Waals surface area (Å²) in [5.41, 5.74) is 0.861. The van der Waals surface area contributed by atoms with Gasteiger partial charge < -0.3 is 5.32 Å². The molecule has 0 bridgehead atoms. The Hall–Kier alpha value is -1.07. The third-order valence-electron chi connectivity index (χ3n) is 3.21. The zero-order valence-corrected chi connectivity index (χ0v) is 11.6. The van der Waals surface area contributed by atoms with E-state index in [1.54, 1.807) is 18.2 Å². The van der Waals surface area contributed by atoms with Crippen molar-refractivity contribution in [2.75, 3.05) is 12.4 Å². The highest BCUT2D eigenvalue weighted by molar-refractivity contribution is 7.89. The van der Waals surface area contributed by atoms with Crippen LogP contribution in [-0.2, 0) is 10.0 Å². The number of anilines is 1. The van der Waals surface area contributed by atoms with Crippen molar-refractivity contribution in [3.63, 3.8) is 0 Å². The highest BCUT2D eigenvalue weighted by atomic mass is 32.2. The van der Waals surface area contributed by atoms with Gasteiger partial charge in [-0.1, -0.05) is 18.9 Å². The van der Waals surface area contributed by atoms with Gasteiger partial charge in [-0.05, 0) is 44.5 Å². The molecule has 18 heavy (non-hydrogen) atoms. The van der Waals surface area contributed by atoms with E-state index in [1.807, 2.05) is 6.07 Å². The minimum atomic E-state index is -3.36. The lowest BCUT2D eigenvalue weighted by molar-refractivity contribution is 0.588. The second kappa shape index (κ2) is 5.28. The fraction of sp³-hybridized carbons (Fsp3) is 0.538. The van der Waals surface area contributed by atoms with Crippen LogP contribution in [0.25, 0.3) is 0 Å². The van der Waals surface area contributed by atoms with Crippen molar-refractivity contribution in [1.29, 1.82) is 0 Å². The van der Waals surface area contributed by atoms with Crippen LogP contribution in [0.2, 0.25) is 0 Å². The van der Waals surface area contributed by atoms with Gasteiger partial charge in [0.2, 0.25) is 10.0 Å². The highest BCUT2D eigenvalue weighted by Crippen LogP contribution is 2.34. The minimum absolute atomic E-state index is 0.300. The fourth-order valence-electron chi connectivity index (χ4n) is 2.07. The molecule has 0 saturated heterocycles. The third-order valence-corrected chi connectivity index (χ3v) is 4.62. The van der Waals surface area contributed by atoms with Gasteiger partial charge >= 0.3 is 0 Å². The van der Waals surface area contributed by atoms with Crippen molar-refractivity contribution in [3.8, 4) is 0 Å². The first kappa shape index (κ1) is 13.4. The van der Waals surface area contributed by atoms with E-state index in [1.165, 1.54) is 19.9 Å². The standard InChI is InChI=1S/C13H20N2O2S/c1-10(8-11-6-7-11)15-12-4-3-5-13(9-12)18(16,17)14-2/h3-5,9-11,14-15H,6-8H2,1-2H3. The van der Waals surface area contributed by atoms with Crippen molar-refractivity contribution in [2.24, 2.45) is 5.92 Å². The molecule has 0 amide bonds. The summed E-state index contributed by atoms with van der Waals surface area (Å²) in [7, 11) is -1.94. The third kappa shape index (κ3) is 3.46. The Morgan fingerprint density at radius 2 is 2.11 bits per heavy atom. The number of sulfonamides is 1. The monoisotopic (exact) mass is 268 g/mol. The molecule has 1 saturated carbocycles. The number of nitrogens with one attached hydrogen (secondary N) is 2. The Bertz CT molecular complexity index is 509. The van der Waals surface area contributed by atoms with Crippen LogP contribution in [0.5, 0.6) is 0 Å². The molecule has 1 aromatic carbocycles. The van der Waals surface area contributed by atoms with Crippen LogP contribution in [0, 0.1) is 5.92 Å². The maximum atomic E-state index is 11.7. The molecule has 0 radical (unpaired) electrons. The lowest BCUT2D eigenvalue weighted by Crippen LogP contribution is -2.19. The topological polar surface area (TPSA) is 58.2 Å². The number of hydrogen-bond donors (Lipinski definition) is 2. The SMILES string of the molecule is CNS(=O)(=O)c1cccc(NC(C)CC2CC2)c1. The summed E-state index contributed by atoms with van der Waals surface area (Å²) >= 11 is 0. The van der Waals surface area contributed by atoms with E-state index in [0.29, 0.717) is 10.9 Å². The average molecular weight is 268 g/mol. The maximum absolute atomic E-state index is 11.7. The number of benzene rings is 1. The summed E-state index contributed by atoms with van der Waals surface area (Å²) in [6.07, 6.45) is 3.82. The van der Waals surface area contributed by atoms with E-state index in [2.05, 4.69) is 17.0 Å². The van der Waals surface area contributed by atoms with Gasteiger partial charge in [-0.15, -0.1) is 0 Å². The Morgan fingerprint density at radius 3 is 2.72 bits per heavy atom. The molecule has 4 nitrogen and oxygen atoms in total. The van der Waals surface area contributed by atoms with Crippen LogP contribution < -0.4 is 10.0 Å². The molecule has 2 rings (SSSR count). The quantitative estimate of drug-likeness (QED) is 0.831. The first-order valence-electron chi connectivity index (χ1n) is 6.31. The Balaban J connectivity index is 2.06. The van der Waals surface area contributed by atoms with Crippen molar-refractivity contribution in [1.82, 2.24) is 4.72 Å². The van der Waals surface area contributed by atoms with E-state index < -0.39 is 10.0 Å². The molecule has 1 aromatic rings. The molecule has 1 aliphatic rings. The second-order valence-electron chi connectivity index (χ2n) is 4.96. The average Bonchev–Trinajstić information content (AvgIpc) is 3.13. The molecule has 2 N–H and O–H groups in total. The second-order valence-corrected chi connectivity index (χ2v) is 6.85. The van der Waals surface area contributed by atoms with Crippen LogP contribution >= 0.6 is 0 Å². The lowest BCUT2D eigenvalue weighted by Gasteiger charge is -2.15. The van der Waals surface area contributed by atoms with Gasteiger partial charge in [0.15, 0.2) is 0 Å². The Kier molecular flexibility index (Phi) is 3.92. The predicted octanol–water partition coefficient (Wildman–Crippen LogP) is 2.20. The van der Waals surface area contributed by atoms with E-state index in [0.717, 1.165) is 18.0 Å². The fourth-order valence-corrected chi connectivity index (χ4v) is 2.84. The molecule has 0 spiro atoms. The molecule has 1 fully saturated rings. The zero-order valence-electron chi connectivity index (χ0n) is 10.8. The molecule has 0 aliphatic heterocycles. The normalized spacial score (nSPS) is 17.4. The minimum Gasteiger partial charge on any atom is -0.383 e. The van der Waals surface area contributed by atoms with Gasteiger partial charge in [-0.25, -0.2) is 13.1 Å². The van der Waals surface area contributed by atoms with Crippen LogP contribution in [0.1, 0.15) is 26.2 Å². The molecule has 1 unspecified atom stereocenters. The maximum Gasteiger partial charge on any atom is 0.240 e. The van der Waals surface area contributed by atoms with Crippen molar-refractivity contribution in [3.05, 3.63) is 24.3 Å². The van der Waals surface area contributed by atoms with Crippen molar-refractivity contribution in [2.45, 2.75) is 37.1 Å². The Morgan fingerprint density at radius 1 is 1.39 bits per heavy atom. The van der Waals surface area contributed by atoms with E-state index in [4.69, 9.17) is 0 Å². The summed E-state index contributed by atoms with van der Waals surface area (Å²) in [6.45, 7) is 2.14. The zero-order chi connectivity index (χ0) is 13.2. The van der Waals surface area contributed by atoms with Crippen LogP contribution in [-0.4, -0.2) is 21.5 Å². The molecule has 0 heterocycles. The highest BCUT2D eigenvalue weighted by Gasteiger charge is 2.23. The van der Waals surface area contributed by atoms with Gasteiger partial charge in [0.05, 0.1) is 4.90 Å². The van der Waals surface area contributed by atoms with Crippen LogP contribution in [0.15, 0.2) is 29.2 Å². The van der Waals surface area contributed by atoms with Gasteiger partial charge in [0.1, 0.15) is 0 Å². The molecule has 1 atom stereocenters. The van der Waals surface area contributed by atoms with Gasteiger partial charge in [-0.2, -0.15) is 0 Å². The summed E-state index contributed by atoms with van der Waals surface area (Å²) in [4.78, 5) is 0.300. The van der Waals surface area contributed by atoms with E-state index in [9.17, 15) is 8.42 Å². The molecule has 1 aliphatic carbocycles. The molecular weight excluding hydrogens is 248 g/mol.